The van der Waals surface area contributed by atoms with Gasteiger partial charge in [-0.3, -0.25) is 9.55 Å². The zero-order chi connectivity index (χ0) is 49.8. The van der Waals surface area contributed by atoms with E-state index in [4.69, 9.17) is 15.5 Å². The van der Waals surface area contributed by atoms with Crippen molar-refractivity contribution in [3.8, 4) is 89.7 Å². The van der Waals surface area contributed by atoms with Gasteiger partial charge in [0.05, 0.1) is 22.3 Å². The van der Waals surface area contributed by atoms with E-state index in [0.29, 0.717) is 33.7 Å². The minimum atomic E-state index is -2.57. The van der Waals surface area contributed by atoms with E-state index in [1.54, 1.807) is 6.07 Å². The van der Waals surface area contributed by atoms with E-state index in [2.05, 4.69) is 92.7 Å². The molecule has 0 unspecified atom stereocenters. The van der Waals surface area contributed by atoms with E-state index in [-0.39, 0.29) is 38.3 Å². The fraction of sp³-hybridized carbons (Fsp3) is 0.143. The molecule has 2 aromatic heterocycles. The third kappa shape index (κ3) is 8.78. The summed E-state index contributed by atoms with van der Waals surface area (Å²) in [6.07, 6.45) is 1.84. The SMILES string of the molecule is [2H]C([2H])([2H])c1cc(-c2c(C(C)C)cccc2C([2H])(C)C)ccc1-n1c(-c2cc(C)cc(C)c2O)nc2c(-c3[c-]c(-c4cc(-c5ccc(-c6ccccc6)cc5)ccn4)cc(-c4ccccc4)c3)cccc21.[Pt]. The minimum Gasteiger partial charge on any atom is -0.507 e. The predicted octanol–water partition coefficient (Wildman–Crippen LogP) is 16.8. The van der Waals surface area contributed by atoms with Crippen LogP contribution in [0.5, 0.6) is 5.75 Å². The summed E-state index contributed by atoms with van der Waals surface area (Å²) in [5.41, 5.74) is 16.8. The molecule has 0 aliphatic carbocycles. The van der Waals surface area contributed by atoms with Crippen LogP contribution < -0.4 is 0 Å². The van der Waals surface area contributed by atoms with Crippen molar-refractivity contribution in [3.05, 3.63) is 216 Å². The molecule has 0 radical (unpaired) electrons. The summed E-state index contributed by atoms with van der Waals surface area (Å²) in [5.74, 6) is -0.368. The van der Waals surface area contributed by atoms with Crippen LogP contribution in [0.3, 0.4) is 0 Å². The topological polar surface area (TPSA) is 50.9 Å². The van der Waals surface area contributed by atoms with Crippen molar-refractivity contribution in [1.29, 1.82) is 0 Å². The zero-order valence-corrected chi connectivity index (χ0v) is 41.3. The largest absolute Gasteiger partial charge is 0.507 e. The van der Waals surface area contributed by atoms with E-state index < -0.39 is 12.7 Å². The van der Waals surface area contributed by atoms with Crippen molar-refractivity contribution in [3.63, 3.8) is 0 Å². The first-order valence-electron chi connectivity index (χ1n) is 24.9. The van der Waals surface area contributed by atoms with E-state index >= 15 is 0 Å². The summed E-state index contributed by atoms with van der Waals surface area (Å²) in [7, 11) is 0. The molecule has 5 heteroatoms. The second kappa shape index (κ2) is 19.2. The number of phenolic OH excluding ortho intramolecular Hbond substituents is 1. The van der Waals surface area contributed by atoms with Gasteiger partial charge in [-0.05, 0) is 130 Å². The third-order valence-corrected chi connectivity index (χ3v) is 12.8. The molecule has 0 amide bonds. The maximum atomic E-state index is 11.9. The van der Waals surface area contributed by atoms with E-state index in [9.17, 15) is 5.11 Å². The number of nitrogens with zero attached hydrogens (tertiary/aromatic N) is 3. The van der Waals surface area contributed by atoms with Gasteiger partial charge in [0, 0.05) is 38.4 Å². The van der Waals surface area contributed by atoms with Crippen LogP contribution in [0.4, 0.5) is 0 Å². The van der Waals surface area contributed by atoms with Gasteiger partial charge in [-0.15, -0.1) is 23.8 Å². The molecule has 0 aliphatic heterocycles. The summed E-state index contributed by atoms with van der Waals surface area (Å²) >= 11 is 0. The maximum Gasteiger partial charge on any atom is 0.148 e. The van der Waals surface area contributed by atoms with Crippen molar-refractivity contribution in [2.75, 3.05) is 0 Å². The number of aryl methyl sites for hydroxylation is 3. The number of aromatic hydroxyl groups is 1. The minimum absolute atomic E-state index is 0. The number of aromatic nitrogens is 3. The van der Waals surface area contributed by atoms with Gasteiger partial charge in [-0.25, -0.2) is 4.98 Å². The van der Waals surface area contributed by atoms with Crippen LogP contribution in [0, 0.1) is 26.8 Å². The van der Waals surface area contributed by atoms with E-state index in [0.717, 1.165) is 83.6 Å². The molecule has 0 spiro atoms. The van der Waals surface area contributed by atoms with Crippen molar-refractivity contribution in [1.82, 2.24) is 14.5 Å². The summed E-state index contributed by atoms with van der Waals surface area (Å²) < 4.78 is 38.3. The number of para-hydroxylation sites is 1. The normalized spacial score (nSPS) is 12.6. The molecule has 0 bridgehead atoms. The van der Waals surface area contributed by atoms with Crippen LogP contribution in [0.25, 0.3) is 95.0 Å². The Morgan fingerprint density at radius 3 is 1.90 bits per heavy atom. The number of benzene rings is 8. The average molecular weight is 1070 g/mol. The van der Waals surface area contributed by atoms with Gasteiger partial charge in [-0.2, -0.15) is 0 Å². The van der Waals surface area contributed by atoms with Crippen LogP contribution in [-0.4, -0.2) is 19.6 Å². The van der Waals surface area contributed by atoms with Crippen LogP contribution >= 0.6 is 0 Å². The van der Waals surface area contributed by atoms with Crippen molar-refractivity contribution in [2.24, 2.45) is 0 Å². The van der Waals surface area contributed by atoms with Crippen molar-refractivity contribution < 1.29 is 31.7 Å². The van der Waals surface area contributed by atoms with Crippen LogP contribution in [0.2, 0.25) is 0 Å². The Morgan fingerprint density at radius 2 is 1.21 bits per heavy atom. The molecule has 0 atom stereocenters. The fourth-order valence-electron chi connectivity index (χ4n) is 9.44. The van der Waals surface area contributed by atoms with Gasteiger partial charge < -0.3 is 5.11 Å². The summed E-state index contributed by atoms with van der Waals surface area (Å²) in [6.45, 7) is 9.23. The molecule has 68 heavy (non-hydrogen) atoms. The molecular formula is C63H54N3OPt-. The molecule has 10 rings (SSSR count). The molecule has 4 nitrogen and oxygen atoms in total. The number of phenols is 1. The first-order valence-corrected chi connectivity index (χ1v) is 22.9. The van der Waals surface area contributed by atoms with E-state index in [1.807, 2.05) is 136 Å². The third-order valence-electron chi connectivity index (χ3n) is 12.8. The van der Waals surface area contributed by atoms with Gasteiger partial charge in [0.15, 0.2) is 0 Å². The quantitative estimate of drug-likeness (QED) is 0.139. The first-order chi connectivity index (χ1) is 34.0. The molecular weight excluding hydrogens is 1010 g/mol. The second-order valence-electron chi connectivity index (χ2n) is 18.0. The average Bonchev–Trinajstić information content (AvgIpc) is 3.76. The van der Waals surface area contributed by atoms with E-state index in [1.165, 1.54) is 0 Å². The molecule has 10 aromatic rings. The molecule has 2 heterocycles. The smallest absolute Gasteiger partial charge is 0.148 e. The Hall–Kier alpha value is -7.13. The Kier molecular flexibility index (Phi) is 11.6. The Balaban J connectivity index is 0.00000640. The molecule has 338 valence electrons. The summed E-state index contributed by atoms with van der Waals surface area (Å²) in [6, 6.07) is 62.7. The van der Waals surface area contributed by atoms with Crippen molar-refractivity contribution in [2.45, 2.75) is 60.2 Å². The first kappa shape index (κ1) is 41.1. The number of pyridine rings is 1. The monoisotopic (exact) mass is 1070 g/mol. The standard InChI is InChI=1S/C63H54N3O.Pt/c1-39(2)53-20-14-21-54(40(3)4)60(53)49-28-29-58(42(6)34-49)66-59-23-15-22-55(61(59)65-63(66)56-33-41(5)32-43(7)62(56)67)51-35-50(45-18-12-9-13-19-45)36-52(37-51)57-38-48(30-31-64-57)47-26-24-46(25-27-47)44-16-10-8-11-17-44;/h8-36,38-40,67H,1-7H3;/q-1;/i6D3,39D;. The second-order valence-corrected chi connectivity index (χ2v) is 18.0. The molecule has 0 saturated carbocycles. The summed E-state index contributed by atoms with van der Waals surface area (Å²) in [4.78, 5) is 10.3. The number of hydrogen-bond acceptors (Lipinski definition) is 3. The van der Waals surface area contributed by atoms with Gasteiger partial charge in [-0.1, -0.05) is 178 Å². The van der Waals surface area contributed by atoms with Gasteiger partial charge >= 0.3 is 0 Å². The number of hydrogen-bond donors (Lipinski definition) is 1. The molecule has 0 fully saturated rings. The molecule has 1 N–H and O–H groups in total. The van der Waals surface area contributed by atoms with Crippen molar-refractivity contribution >= 4 is 11.0 Å². The maximum absolute atomic E-state index is 11.9. The molecule has 0 aliphatic rings. The Labute approximate surface area is 421 Å². The van der Waals surface area contributed by atoms with Gasteiger partial charge in [0.25, 0.3) is 0 Å². The summed E-state index contributed by atoms with van der Waals surface area (Å²) in [5, 5.41) is 11.9. The van der Waals surface area contributed by atoms with Gasteiger partial charge in [0.2, 0.25) is 0 Å². The van der Waals surface area contributed by atoms with Crippen LogP contribution in [-0.2, 0) is 21.1 Å². The molecule has 8 aromatic carbocycles. The van der Waals surface area contributed by atoms with Gasteiger partial charge in [0.1, 0.15) is 11.6 Å². The Morgan fingerprint density at radius 1 is 0.574 bits per heavy atom. The van der Waals surface area contributed by atoms with Crippen LogP contribution in [0.15, 0.2) is 182 Å². The number of imidazole rings is 1. The van der Waals surface area contributed by atoms with Crippen LogP contribution in [0.1, 0.15) is 72.8 Å². The predicted molar refractivity (Wildman–Crippen MR) is 280 cm³/mol. The zero-order valence-electron chi connectivity index (χ0n) is 43.0. The Bertz CT molecular complexity index is 3620. The fourth-order valence-corrected chi connectivity index (χ4v) is 9.44. The molecule has 0 saturated heterocycles. The number of fused-ring (bicyclic) bond motifs is 1. The number of rotatable bonds is 10.